The van der Waals surface area contributed by atoms with Crippen molar-refractivity contribution in [3.8, 4) is 0 Å². The Hall–Kier alpha value is -0.550. The van der Waals surface area contributed by atoms with Gasteiger partial charge in [-0.25, -0.2) is 4.98 Å². The topological polar surface area (TPSA) is 42.0 Å². The lowest BCUT2D eigenvalue weighted by atomic mass is 9.98. The lowest BCUT2D eigenvalue weighted by molar-refractivity contribution is -0.122. The third-order valence-electron chi connectivity index (χ3n) is 3.02. The molecule has 88 valence electrons. The highest BCUT2D eigenvalue weighted by atomic mass is 32.1. The first-order valence-corrected chi connectivity index (χ1v) is 7.10. The standard InChI is InChI=1S/C11H16N2OS2/c14-9(3-7-15)13-11(4-1-2-5-11)10-12-6-8-16-10/h6,8,15H,1-5,7H2,(H,13,14). The van der Waals surface area contributed by atoms with Gasteiger partial charge < -0.3 is 5.32 Å². The molecule has 0 saturated heterocycles. The lowest BCUT2D eigenvalue weighted by Crippen LogP contribution is -2.43. The minimum absolute atomic E-state index is 0.0899. The van der Waals surface area contributed by atoms with Crippen LogP contribution in [0.25, 0.3) is 0 Å². The molecule has 3 nitrogen and oxygen atoms in total. The van der Waals surface area contributed by atoms with Crippen LogP contribution in [-0.4, -0.2) is 16.6 Å². The van der Waals surface area contributed by atoms with Gasteiger partial charge in [0, 0.05) is 18.0 Å². The van der Waals surface area contributed by atoms with E-state index in [2.05, 4.69) is 22.9 Å². The van der Waals surface area contributed by atoms with Gasteiger partial charge in [-0.3, -0.25) is 4.79 Å². The van der Waals surface area contributed by atoms with Crippen molar-refractivity contribution in [2.24, 2.45) is 0 Å². The molecule has 1 aliphatic rings. The van der Waals surface area contributed by atoms with Crippen molar-refractivity contribution in [1.29, 1.82) is 0 Å². The minimum Gasteiger partial charge on any atom is -0.344 e. The van der Waals surface area contributed by atoms with Crippen LogP contribution in [0.4, 0.5) is 0 Å². The van der Waals surface area contributed by atoms with Gasteiger partial charge in [0.25, 0.3) is 0 Å². The number of hydrogen-bond acceptors (Lipinski definition) is 4. The molecule has 0 radical (unpaired) electrons. The number of thiol groups is 1. The Morgan fingerprint density at radius 3 is 2.88 bits per heavy atom. The van der Waals surface area contributed by atoms with Crippen molar-refractivity contribution < 1.29 is 4.79 Å². The van der Waals surface area contributed by atoms with Crippen LogP contribution >= 0.6 is 24.0 Å². The molecule has 0 aliphatic heterocycles. The number of nitrogens with zero attached hydrogens (tertiary/aromatic N) is 1. The molecule has 5 heteroatoms. The second-order valence-electron chi connectivity index (χ2n) is 4.15. The van der Waals surface area contributed by atoms with E-state index in [0.717, 1.165) is 17.8 Å². The monoisotopic (exact) mass is 256 g/mol. The molecule has 16 heavy (non-hydrogen) atoms. The fraction of sp³-hybridized carbons (Fsp3) is 0.636. The summed E-state index contributed by atoms with van der Waals surface area (Å²) < 4.78 is 0. The second-order valence-corrected chi connectivity index (χ2v) is 5.49. The van der Waals surface area contributed by atoms with Crippen LogP contribution in [0, 0.1) is 0 Å². The van der Waals surface area contributed by atoms with Gasteiger partial charge in [0.1, 0.15) is 5.01 Å². The number of amides is 1. The van der Waals surface area contributed by atoms with E-state index in [1.807, 2.05) is 11.6 Å². The van der Waals surface area contributed by atoms with Gasteiger partial charge in [-0.2, -0.15) is 12.6 Å². The molecule has 0 spiro atoms. The number of carbonyl (C=O) groups is 1. The second kappa shape index (κ2) is 5.19. The molecule has 1 N–H and O–H groups in total. The first-order chi connectivity index (χ1) is 7.77. The van der Waals surface area contributed by atoms with Gasteiger partial charge in [-0.15, -0.1) is 11.3 Å². The maximum absolute atomic E-state index is 11.7. The van der Waals surface area contributed by atoms with Crippen molar-refractivity contribution in [3.05, 3.63) is 16.6 Å². The van der Waals surface area contributed by atoms with E-state index in [-0.39, 0.29) is 11.4 Å². The molecule has 0 bridgehead atoms. The van der Waals surface area contributed by atoms with E-state index >= 15 is 0 Å². The van der Waals surface area contributed by atoms with Crippen LogP contribution in [0.2, 0.25) is 0 Å². The third kappa shape index (κ3) is 2.40. The summed E-state index contributed by atoms with van der Waals surface area (Å²) in [5.41, 5.74) is -0.186. The molecule has 1 saturated carbocycles. The zero-order valence-electron chi connectivity index (χ0n) is 9.11. The summed E-state index contributed by atoms with van der Waals surface area (Å²) >= 11 is 5.72. The van der Waals surface area contributed by atoms with Gasteiger partial charge in [0.05, 0.1) is 5.54 Å². The summed E-state index contributed by atoms with van der Waals surface area (Å²) in [6, 6.07) is 0. The Kier molecular flexibility index (Phi) is 3.86. The smallest absolute Gasteiger partial charge is 0.221 e. The average molecular weight is 256 g/mol. The van der Waals surface area contributed by atoms with E-state index in [0.29, 0.717) is 12.2 Å². The molecule has 0 aromatic carbocycles. The minimum atomic E-state index is -0.186. The molecule has 1 aliphatic carbocycles. The van der Waals surface area contributed by atoms with Gasteiger partial charge in [-0.05, 0) is 18.6 Å². The molecule has 1 heterocycles. The first kappa shape index (κ1) is 11.9. The quantitative estimate of drug-likeness (QED) is 0.812. The Morgan fingerprint density at radius 2 is 2.31 bits per heavy atom. The first-order valence-electron chi connectivity index (χ1n) is 5.59. The summed E-state index contributed by atoms with van der Waals surface area (Å²) in [6.07, 6.45) is 6.65. The van der Waals surface area contributed by atoms with Crippen LogP contribution in [-0.2, 0) is 10.3 Å². The van der Waals surface area contributed by atoms with Crippen LogP contribution in [0.15, 0.2) is 11.6 Å². The maximum Gasteiger partial charge on any atom is 0.221 e. The highest BCUT2D eigenvalue weighted by Gasteiger charge is 2.38. The van der Waals surface area contributed by atoms with E-state index in [4.69, 9.17) is 0 Å². The summed E-state index contributed by atoms with van der Waals surface area (Å²) in [6.45, 7) is 0. The molecule has 1 fully saturated rings. The summed E-state index contributed by atoms with van der Waals surface area (Å²) in [4.78, 5) is 16.1. The molecule has 1 aromatic heterocycles. The van der Waals surface area contributed by atoms with Crippen molar-refractivity contribution >= 4 is 29.9 Å². The Labute approximate surface area is 105 Å². The van der Waals surface area contributed by atoms with E-state index in [9.17, 15) is 4.79 Å². The van der Waals surface area contributed by atoms with E-state index < -0.39 is 0 Å². The number of aromatic nitrogens is 1. The Bertz CT molecular complexity index is 345. The summed E-state index contributed by atoms with van der Waals surface area (Å²) in [5, 5.41) is 6.18. The van der Waals surface area contributed by atoms with Crippen molar-refractivity contribution in [2.45, 2.75) is 37.6 Å². The SMILES string of the molecule is O=C(CCS)NC1(c2nccs2)CCCC1. The normalized spacial score (nSPS) is 18.6. The predicted octanol–water partition coefficient (Wildman–Crippen LogP) is 2.35. The van der Waals surface area contributed by atoms with Gasteiger partial charge in [-0.1, -0.05) is 12.8 Å². The van der Waals surface area contributed by atoms with E-state index in [1.165, 1.54) is 12.8 Å². The van der Waals surface area contributed by atoms with Crippen molar-refractivity contribution in [2.75, 3.05) is 5.75 Å². The maximum atomic E-state index is 11.7. The third-order valence-corrected chi connectivity index (χ3v) is 4.22. The molecule has 1 aromatic rings. The summed E-state index contributed by atoms with van der Waals surface area (Å²) in [5.74, 6) is 0.687. The highest BCUT2D eigenvalue weighted by molar-refractivity contribution is 7.80. The van der Waals surface area contributed by atoms with Gasteiger partial charge >= 0.3 is 0 Å². The molecule has 0 unspecified atom stereocenters. The van der Waals surface area contributed by atoms with E-state index in [1.54, 1.807) is 11.3 Å². The van der Waals surface area contributed by atoms with Crippen molar-refractivity contribution in [1.82, 2.24) is 10.3 Å². The zero-order chi connectivity index (χ0) is 11.4. The number of carbonyl (C=O) groups excluding carboxylic acids is 1. The molecule has 0 atom stereocenters. The fourth-order valence-electron chi connectivity index (χ4n) is 2.26. The average Bonchev–Trinajstić information content (AvgIpc) is 2.86. The lowest BCUT2D eigenvalue weighted by Gasteiger charge is -2.28. The molecule has 1 amide bonds. The van der Waals surface area contributed by atoms with Gasteiger partial charge in [0.2, 0.25) is 5.91 Å². The largest absolute Gasteiger partial charge is 0.344 e. The predicted molar refractivity (Wildman–Crippen MR) is 68.9 cm³/mol. The van der Waals surface area contributed by atoms with Crippen molar-refractivity contribution in [3.63, 3.8) is 0 Å². The number of thiazole rings is 1. The Balaban J connectivity index is 2.13. The van der Waals surface area contributed by atoms with Crippen LogP contribution < -0.4 is 5.32 Å². The highest BCUT2D eigenvalue weighted by Crippen LogP contribution is 2.39. The fourth-order valence-corrected chi connectivity index (χ4v) is 3.32. The summed E-state index contributed by atoms with van der Waals surface area (Å²) in [7, 11) is 0. The number of nitrogens with one attached hydrogen (secondary N) is 1. The van der Waals surface area contributed by atoms with Crippen LogP contribution in [0.5, 0.6) is 0 Å². The van der Waals surface area contributed by atoms with Gasteiger partial charge in [0.15, 0.2) is 0 Å². The number of rotatable bonds is 4. The Morgan fingerprint density at radius 1 is 1.56 bits per heavy atom. The zero-order valence-corrected chi connectivity index (χ0v) is 10.8. The van der Waals surface area contributed by atoms with Crippen LogP contribution in [0.1, 0.15) is 37.1 Å². The molecule has 2 rings (SSSR count). The molecular formula is C11H16N2OS2. The van der Waals surface area contributed by atoms with Crippen LogP contribution in [0.3, 0.4) is 0 Å². The molecular weight excluding hydrogens is 240 g/mol. The number of hydrogen-bond donors (Lipinski definition) is 2.